The summed E-state index contributed by atoms with van der Waals surface area (Å²) in [5.74, 6) is 0. The molecule has 2 N–H and O–H groups in total. The Morgan fingerprint density at radius 1 is 0.938 bits per heavy atom. The van der Waals surface area contributed by atoms with Crippen LogP contribution in [0.25, 0.3) is 16.6 Å². The molecule has 3 rings (SSSR count). The second-order valence-electron chi connectivity index (χ2n) is 3.69. The number of benzene rings is 2. The Hall–Kier alpha value is -2.29. The molecule has 0 aliphatic carbocycles. The fraction of sp³-hybridized carbons (Fsp3) is 0. The van der Waals surface area contributed by atoms with Gasteiger partial charge in [0.15, 0.2) is 0 Å². The summed E-state index contributed by atoms with van der Waals surface area (Å²) in [6.07, 6.45) is 1.99. The number of anilines is 1. The number of rotatable bonds is 1. The van der Waals surface area contributed by atoms with Crippen molar-refractivity contribution in [1.82, 2.24) is 9.78 Å². The van der Waals surface area contributed by atoms with Crippen molar-refractivity contribution in [3.05, 3.63) is 54.7 Å². The van der Waals surface area contributed by atoms with Crippen LogP contribution in [0.2, 0.25) is 0 Å². The lowest BCUT2D eigenvalue weighted by molar-refractivity contribution is 0.899. The van der Waals surface area contributed by atoms with Gasteiger partial charge >= 0.3 is 0 Å². The molecule has 3 nitrogen and oxygen atoms in total. The summed E-state index contributed by atoms with van der Waals surface area (Å²) in [7, 11) is 0. The van der Waals surface area contributed by atoms with Gasteiger partial charge in [-0.1, -0.05) is 30.3 Å². The minimum absolute atomic E-state index is 0.732. The van der Waals surface area contributed by atoms with E-state index in [0.717, 1.165) is 22.3 Å². The molecule has 1 aromatic heterocycles. The topological polar surface area (TPSA) is 43.8 Å². The summed E-state index contributed by atoms with van der Waals surface area (Å²) >= 11 is 0. The maximum atomic E-state index is 5.91. The predicted molar refractivity (Wildman–Crippen MR) is 65.5 cm³/mol. The van der Waals surface area contributed by atoms with E-state index in [0.29, 0.717) is 0 Å². The Balaban J connectivity index is 2.23. The first-order valence-corrected chi connectivity index (χ1v) is 5.14. The molecular formula is C13H11N3. The zero-order chi connectivity index (χ0) is 11.0. The number of fused-ring (bicyclic) bond motifs is 1. The highest BCUT2D eigenvalue weighted by atomic mass is 15.3. The SMILES string of the molecule is Nc1ccccc1-n1cc2ccccc2n1. The summed E-state index contributed by atoms with van der Waals surface area (Å²) in [5.41, 5.74) is 8.54. The molecule has 0 aliphatic rings. The minimum Gasteiger partial charge on any atom is -0.397 e. The number of hydrogen-bond donors (Lipinski definition) is 1. The minimum atomic E-state index is 0.732. The van der Waals surface area contributed by atoms with Gasteiger partial charge < -0.3 is 5.73 Å². The normalized spacial score (nSPS) is 10.8. The average molecular weight is 209 g/mol. The second-order valence-corrected chi connectivity index (χ2v) is 3.69. The van der Waals surface area contributed by atoms with E-state index in [2.05, 4.69) is 5.10 Å². The predicted octanol–water partition coefficient (Wildman–Crippen LogP) is 2.61. The Bertz CT molecular complexity index is 607. The number of para-hydroxylation sites is 2. The van der Waals surface area contributed by atoms with Crippen LogP contribution >= 0.6 is 0 Å². The van der Waals surface area contributed by atoms with E-state index in [1.165, 1.54) is 0 Å². The Morgan fingerprint density at radius 2 is 1.69 bits per heavy atom. The van der Waals surface area contributed by atoms with Gasteiger partial charge in [-0.15, -0.1) is 0 Å². The standard InChI is InChI=1S/C13H11N3/c14-11-6-2-4-8-13(11)16-9-10-5-1-3-7-12(10)15-16/h1-9H,14H2. The molecule has 3 heteroatoms. The molecule has 0 saturated carbocycles. The Kier molecular flexibility index (Phi) is 1.90. The van der Waals surface area contributed by atoms with Crippen molar-refractivity contribution in [3.63, 3.8) is 0 Å². The van der Waals surface area contributed by atoms with Gasteiger partial charge in [-0.25, -0.2) is 4.68 Å². The molecule has 0 atom stereocenters. The van der Waals surface area contributed by atoms with E-state index >= 15 is 0 Å². The number of aromatic nitrogens is 2. The quantitative estimate of drug-likeness (QED) is 0.626. The van der Waals surface area contributed by atoms with Gasteiger partial charge in [-0.05, 0) is 18.2 Å². The van der Waals surface area contributed by atoms with Crippen LogP contribution in [0.15, 0.2) is 54.7 Å². The molecule has 16 heavy (non-hydrogen) atoms. The molecule has 78 valence electrons. The molecular weight excluding hydrogens is 198 g/mol. The smallest absolute Gasteiger partial charge is 0.0927 e. The van der Waals surface area contributed by atoms with Crippen LogP contribution in [-0.4, -0.2) is 9.78 Å². The van der Waals surface area contributed by atoms with Crippen molar-refractivity contribution in [1.29, 1.82) is 0 Å². The zero-order valence-electron chi connectivity index (χ0n) is 8.67. The van der Waals surface area contributed by atoms with E-state index < -0.39 is 0 Å². The van der Waals surface area contributed by atoms with Crippen LogP contribution in [-0.2, 0) is 0 Å². The summed E-state index contributed by atoms with van der Waals surface area (Å²) in [6, 6.07) is 15.7. The zero-order valence-corrected chi connectivity index (χ0v) is 8.67. The molecule has 0 bridgehead atoms. The Morgan fingerprint density at radius 3 is 2.50 bits per heavy atom. The highest BCUT2D eigenvalue weighted by Crippen LogP contribution is 2.19. The second kappa shape index (κ2) is 3.38. The lowest BCUT2D eigenvalue weighted by Crippen LogP contribution is -1.99. The molecule has 0 radical (unpaired) electrons. The lowest BCUT2D eigenvalue weighted by Gasteiger charge is -2.03. The van der Waals surface area contributed by atoms with Gasteiger partial charge in [0, 0.05) is 11.6 Å². The molecule has 0 saturated heterocycles. The maximum Gasteiger partial charge on any atom is 0.0927 e. The third kappa shape index (κ3) is 1.34. The largest absolute Gasteiger partial charge is 0.397 e. The third-order valence-corrected chi connectivity index (χ3v) is 2.60. The van der Waals surface area contributed by atoms with Crippen molar-refractivity contribution < 1.29 is 0 Å². The first kappa shape index (κ1) is 8.97. The first-order chi connectivity index (χ1) is 7.84. The van der Waals surface area contributed by atoms with E-state index in [4.69, 9.17) is 5.73 Å². The molecule has 3 aromatic rings. The van der Waals surface area contributed by atoms with Crippen LogP contribution in [0.5, 0.6) is 0 Å². The molecule has 0 fully saturated rings. The van der Waals surface area contributed by atoms with Gasteiger partial charge in [0.25, 0.3) is 0 Å². The number of nitrogens with zero attached hydrogens (tertiary/aromatic N) is 2. The summed E-state index contributed by atoms with van der Waals surface area (Å²) in [4.78, 5) is 0. The molecule has 0 amide bonds. The van der Waals surface area contributed by atoms with E-state index in [-0.39, 0.29) is 0 Å². The highest BCUT2D eigenvalue weighted by Gasteiger charge is 2.03. The third-order valence-electron chi connectivity index (χ3n) is 2.60. The molecule has 1 heterocycles. The van der Waals surface area contributed by atoms with Gasteiger partial charge in [0.2, 0.25) is 0 Å². The van der Waals surface area contributed by atoms with E-state index in [1.807, 2.05) is 59.4 Å². The molecule has 2 aromatic carbocycles. The molecule has 0 unspecified atom stereocenters. The van der Waals surface area contributed by atoms with Crippen molar-refractivity contribution >= 4 is 16.6 Å². The number of hydrogen-bond acceptors (Lipinski definition) is 2. The molecule has 0 spiro atoms. The fourth-order valence-corrected chi connectivity index (χ4v) is 1.78. The summed E-state index contributed by atoms with van der Waals surface area (Å²) in [5, 5.41) is 5.60. The van der Waals surface area contributed by atoms with Gasteiger partial charge in [0.05, 0.1) is 16.9 Å². The van der Waals surface area contributed by atoms with Crippen LogP contribution in [0.3, 0.4) is 0 Å². The van der Waals surface area contributed by atoms with Crippen LogP contribution in [0, 0.1) is 0 Å². The van der Waals surface area contributed by atoms with Crippen molar-refractivity contribution in [3.8, 4) is 5.69 Å². The van der Waals surface area contributed by atoms with E-state index in [1.54, 1.807) is 0 Å². The summed E-state index contributed by atoms with van der Waals surface area (Å²) in [6.45, 7) is 0. The monoisotopic (exact) mass is 209 g/mol. The van der Waals surface area contributed by atoms with Gasteiger partial charge in [-0.2, -0.15) is 5.10 Å². The number of nitrogens with two attached hydrogens (primary N) is 1. The van der Waals surface area contributed by atoms with Crippen molar-refractivity contribution in [2.75, 3.05) is 5.73 Å². The first-order valence-electron chi connectivity index (χ1n) is 5.14. The Labute approximate surface area is 93.1 Å². The highest BCUT2D eigenvalue weighted by molar-refractivity contribution is 5.78. The lowest BCUT2D eigenvalue weighted by atomic mass is 10.2. The van der Waals surface area contributed by atoms with Crippen LogP contribution < -0.4 is 5.73 Å². The maximum absolute atomic E-state index is 5.91. The summed E-state index contributed by atoms with van der Waals surface area (Å²) < 4.78 is 1.82. The number of nitrogen functional groups attached to an aromatic ring is 1. The van der Waals surface area contributed by atoms with Gasteiger partial charge in [-0.3, -0.25) is 0 Å². The van der Waals surface area contributed by atoms with Crippen LogP contribution in [0.1, 0.15) is 0 Å². The van der Waals surface area contributed by atoms with Gasteiger partial charge in [0.1, 0.15) is 0 Å². The molecule has 0 aliphatic heterocycles. The average Bonchev–Trinajstić information content (AvgIpc) is 2.73. The van der Waals surface area contributed by atoms with Crippen molar-refractivity contribution in [2.45, 2.75) is 0 Å². The van der Waals surface area contributed by atoms with E-state index in [9.17, 15) is 0 Å². The van der Waals surface area contributed by atoms with Crippen LogP contribution in [0.4, 0.5) is 5.69 Å². The fourth-order valence-electron chi connectivity index (χ4n) is 1.78. The van der Waals surface area contributed by atoms with Crippen molar-refractivity contribution in [2.24, 2.45) is 0 Å².